The lowest BCUT2D eigenvalue weighted by atomic mass is 10.2. The van der Waals surface area contributed by atoms with Crippen molar-refractivity contribution in [3.63, 3.8) is 0 Å². The number of rotatable bonds is 2. The molecule has 0 aromatic heterocycles. The zero-order valence-electron chi connectivity index (χ0n) is 6.26. The van der Waals surface area contributed by atoms with E-state index in [2.05, 4.69) is 18.2 Å². The molecule has 1 saturated heterocycles. The molecule has 0 saturated carbocycles. The smallest absolute Gasteiger partial charge is 0.00150 e. The van der Waals surface area contributed by atoms with Crippen molar-refractivity contribution in [3.8, 4) is 0 Å². The molecule has 0 N–H and O–H groups in total. The molecule has 1 fully saturated rings. The Bertz CT molecular complexity index is 83.0. The average Bonchev–Trinajstić information content (AvgIpc) is 2.17. The molecule has 1 nitrogen and oxygen atoms in total. The highest BCUT2D eigenvalue weighted by molar-refractivity contribution is 7.98. The Morgan fingerprint density at radius 2 is 2.44 bits per heavy atom. The first kappa shape index (κ1) is 7.42. The van der Waals surface area contributed by atoms with Gasteiger partial charge in [0.1, 0.15) is 0 Å². The van der Waals surface area contributed by atoms with Crippen LogP contribution in [0, 0.1) is 5.92 Å². The summed E-state index contributed by atoms with van der Waals surface area (Å²) >= 11 is 1.97. The number of thioether (sulfide) groups is 1. The summed E-state index contributed by atoms with van der Waals surface area (Å²) in [5, 5.41) is 0. The molecule has 0 radical (unpaired) electrons. The van der Waals surface area contributed by atoms with Gasteiger partial charge in [-0.05, 0) is 37.9 Å². The first-order chi connectivity index (χ1) is 4.33. The molecule has 0 bridgehead atoms. The maximum atomic E-state index is 2.42. The van der Waals surface area contributed by atoms with Crippen LogP contribution in [0.4, 0.5) is 0 Å². The summed E-state index contributed by atoms with van der Waals surface area (Å²) in [7, 11) is 2.21. The topological polar surface area (TPSA) is 3.24 Å². The van der Waals surface area contributed by atoms with Crippen molar-refractivity contribution in [2.24, 2.45) is 5.92 Å². The van der Waals surface area contributed by atoms with Crippen LogP contribution in [0.3, 0.4) is 0 Å². The van der Waals surface area contributed by atoms with Gasteiger partial charge in [-0.3, -0.25) is 0 Å². The van der Waals surface area contributed by atoms with Crippen molar-refractivity contribution in [2.45, 2.75) is 6.42 Å². The lowest BCUT2D eigenvalue weighted by Crippen LogP contribution is -2.14. The van der Waals surface area contributed by atoms with Crippen LogP contribution in [0.15, 0.2) is 0 Å². The van der Waals surface area contributed by atoms with Gasteiger partial charge in [-0.2, -0.15) is 11.8 Å². The van der Waals surface area contributed by atoms with Crippen molar-refractivity contribution in [2.75, 3.05) is 32.1 Å². The largest absolute Gasteiger partial charge is 0.306 e. The Morgan fingerprint density at radius 3 is 2.89 bits per heavy atom. The van der Waals surface area contributed by atoms with Crippen molar-refractivity contribution < 1.29 is 0 Å². The maximum absolute atomic E-state index is 2.42. The van der Waals surface area contributed by atoms with Crippen molar-refractivity contribution in [3.05, 3.63) is 0 Å². The third-order valence-corrected chi connectivity index (χ3v) is 2.70. The van der Waals surface area contributed by atoms with E-state index >= 15 is 0 Å². The molecular formula is C7H15NS. The number of nitrogens with zero attached hydrogens (tertiary/aromatic N) is 1. The minimum absolute atomic E-state index is 0.977. The van der Waals surface area contributed by atoms with Gasteiger partial charge < -0.3 is 4.90 Å². The molecule has 1 heterocycles. The standard InChI is InChI=1S/C7H15NS/c1-8-4-3-7(5-8)6-9-2/h7H,3-6H2,1-2H3. The van der Waals surface area contributed by atoms with Crippen LogP contribution < -0.4 is 0 Å². The molecule has 2 heteroatoms. The molecule has 1 unspecified atom stereocenters. The monoisotopic (exact) mass is 145 g/mol. The Labute approximate surface area is 61.8 Å². The third kappa shape index (κ3) is 2.18. The Balaban J connectivity index is 2.14. The highest BCUT2D eigenvalue weighted by Crippen LogP contribution is 2.17. The first-order valence-electron chi connectivity index (χ1n) is 3.50. The molecule has 1 aliphatic heterocycles. The highest BCUT2D eigenvalue weighted by Gasteiger charge is 2.17. The minimum Gasteiger partial charge on any atom is -0.306 e. The van der Waals surface area contributed by atoms with Gasteiger partial charge in [0.2, 0.25) is 0 Å². The molecule has 1 atom stereocenters. The van der Waals surface area contributed by atoms with Crippen LogP contribution in [0.25, 0.3) is 0 Å². The van der Waals surface area contributed by atoms with Crippen molar-refractivity contribution in [1.82, 2.24) is 4.90 Å². The Hall–Kier alpha value is 0.310. The predicted molar refractivity (Wildman–Crippen MR) is 44.0 cm³/mol. The maximum Gasteiger partial charge on any atom is 0.00150 e. The van der Waals surface area contributed by atoms with E-state index in [1.165, 1.54) is 25.3 Å². The first-order valence-corrected chi connectivity index (χ1v) is 4.90. The minimum atomic E-state index is 0.977. The summed E-state index contributed by atoms with van der Waals surface area (Å²) < 4.78 is 0. The number of likely N-dealkylation sites (tertiary alicyclic amines) is 1. The summed E-state index contributed by atoms with van der Waals surface area (Å²) in [6, 6.07) is 0. The summed E-state index contributed by atoms with van der Waals surface area (Å²) in [6.45, 7) is 2.63. The van der Waals surface area contributed by atoms with E-state index in [1.54, 1.807) is 0 Å². The van der Waals surface area contributed by atoms with Crippen LogP contribution >= 0.6 is 11.8 Å². The molecule has 0 amide bonds. The van der Waals surface area contributed by atoms with Gasteiger partial charge in [-0.15, -0.1) is 0 Å². The van der Waals surface area contributed by atoms with Gasteiger partial charge in [0.25, 0.3) is 0 Å². The van der Waals surface area contributed by atoms with Crippen LogP contribution in [-0.4, -0.2) is 37.0 Å². The SMILES string of the molecule is CSCC1CCN(C)C1. The van der Waals surface area contributed by atoms with Crippen LogP contribution in [0.1, 0.15) is 6.42 Å². The summed E-state index contributed by atoms with van der Waals surface area (Å²) in [5.74, 6) is 2.33. The lowest BCUT2D eigenvalue weighted by molar-refractivity contribution is 0.403. The van der Waals surface area contributed by atoms with E-state index in [0.717, 1.165) is 5.92 Å². The molecule has 0 aliphatic carbocycles. The fourth-order valence-corrected chi connectivity index (χ4v) is 2.14. The van der Waals surface area contributed by atoms with Crippen LogP contribution in [0.2, 0.25) is 0 Å². The van der Waals surface area contributed by atoms with E-state index < -0.39 is 0 Å². The van der Waals surface area contributed by atoms with Gasteiger partial charge in [-0.25, -0.2) is 0 Å². The molecular weight excluding hydrogens is 130 g/mol. The summed E-state index contributed by atoms with van der Waals surface area (Å²) in [5.41, 5.74) is 0. The van der Waals surface area contributed by atoms with E-state index in [9.17, 15) is 0 Å². The fraction of sp³-hybridized carbons (Fsp3) is 1.00. The quantitative estimate of drug-likeness (QED) is 0.576. The van der Waals surface area contributed by atoms with Crippen LogP contribution in [0.5, 0.6) is 0 Å². The number of hydrogen-bond acceptors (Lipinski definition) is 2. The van der Waals surface area contributed by atoms with E-state index in [0.29, 0.717) is 0 Å². The zero-order valence-corrected chi connectivity index (χ0v) is 7.08. The fourth-order valence-electron chi connectivity index (χ4n) is 1.40. The van der Waals surface area contributed by atoms with Gasteiger partial charge in [0.05, 0.1) is 0 Å². The lowest BCUT2D eigenvalue weighted by Gasteiger charge is -2.07. The molecule has 0 spiro atoms. The second kappa shape index (κ2) is 3.47. The average molecular weight is 145 g/mol. The Kier molecular flexibility index (Phi) is 2.86. The second-order valence-electron chi connectivity index (χ2n) is 2.87. The normalized spacial score (nSPS) is 29.3. The van der Waals surface area contributed by atoms with E-state index in [-0.39, 0.29) is 0 Å². The van der Waals surface area contributed by atoms with E-state index in [1.807, 2.05) is 11.8 Å². The molecule has 0 aromatic rings. The van der Waals surface area contributed by atoms with Crippen molar-refractivity contribution in [1.29, 1.82) is 0 Å². The molecule has 1 aliphatic rings. The molecule has 0 aromatic carbocycles. The molecule has 54 valence electrons. The molecule has 9 heavy (non-hydrogen) atoms. The zero-order chi connectivity index (χ0) is 6.69. The van der Waals surface area contributed by atoms with Crippen LogP contribution in [-0.2, 0) is 0 Å². The second-order valence-corrected chi connectivity index (χ2v) is 3.78. The van der Waals surface area contributed by atoms with Crippen molar-refractivity contribution >= 4 is 11.8 Å². The molecule has 1 rings (SSSR count). The third-order valence-electron chi connectivity index (χ3n) is 1.89. The van der Waals surface area contributed by atoms with Gasteiger partial charge >= 0.3 is 0 Å². The van der Waals surface area contributed by atoms with Gasteiger partial charge in [-0.1, -0.05) is 0 Å². The number of hydrogen-bond donors (Lipinski definition) is 0. The summed E-state index contributed by atoms with van der Waals surface area (Å²) in [4.78, 5) is 2.42. The Morgan fingerprint density at radius 1 is 1.67 bits per heavy atom. The predicted octanol–water partition coefficient (Wildman–Crippen LogP) is 1.30. The van der Waals surface area contributed by atoms with Gasteiger partial charge in [0, 0.05) is 6.54 Å². The van der Waals surface area contributed by atoms with Gasteiger partial charge in [0.15, 0.2) is 0 Å². The highest BCUT2D eigenvalue weighted by atomic mass is 32.2. The summed E-state index contributed by atoms with van der Waals surface area (Å²) in [6.07, 6.45) is 3.61. The van der Waals surface area contributed by atoms with E-state index in [4.69, 9.17) is 0 Å².